The van der Waals surface area contributed by atoms with Crippen molar-refractivity contribution in [3.8, 4) is 0 Å². The Kier molecular flexibility index (Phi) is 5.50. The third kappa shape index (κ3) is 3.83. The quantitative estimate of drug-likeness (QED) is 0.785. The van der Waals surface area contributed by atoms with Gasteiger partial charge in [-0.05, 0) is 36.1 Å². The normalized spacial score (nSPS) is 10.4. The molecule has 3 nitrogen and oxygen atoms in total. The Morgan fingerprint density at radius 2 is 1.64 bits per heavy atom. The number of hydrogen-bond donors (Lipinski definition) is 0. The van der Waals surface area contributed by atoms with Crippen LogP contribution in [0, 0.1) is 0 Å². The smallest absolute Gasteiger partial charge is 0.255 e. The van der Waals surface area contributed by atoms with Crippen LogP contribution in [0.15, 0.2) is 53.4 Å². The van der Waals surface area contributed by atoms with Gasteiger partial charge in [0, 0.05) is 38.3 Å². The molecule has 0 unspecified atom stereocenters. The van der Waals surface area contributed by atoms with Crippen molar-refractivity contribution in [1.29, 1.82) is 0 Å². The highest BCUT2D eigenvalue weighted by Crippen LogP contribution is 2.22. The molecule has 0 aliphatic carbocycles. The van der Waals surface area contributed by atoms with Gasteiger partial charge in [-0.15, -0.1) is 11.8 Å². The van der Waals surface area contributed by atoms with Crippen LogP contribution in [0.3, 0.4) is 0 Å². The molecule has 0 fully saturated rings. The Balaban J connectivity index is 2.11. The van der Waals surface area contributed by atoms with Crippen molar-refractivity contribution in [1.82, 2.24) is 4.90 Å². The molecule has 0 aliphatic heterocycles. The molecule has 0 aliphatic rings. The first-order valence-electron chi connectivity index (χ1n) is 7.17. The SMILES string of the molecule is CSc1ccccc1C(=O)N(C)Cc1ccc(N(C)C)cc1. The Morgan fingerprint density at radius 3 is 2.23 bits per heavy atom. The van der Waals surface area contributed by atoms with Gasteiger partial charge in [0.15, 0.2) is 0 Å². The van der Waals surface area contributed by atoms with E-state index in [0.717, 1.165) is 21.7 Å². The van der Waals surface area contributed by atoms with Crippen molar-refractivity contribution < 1.29 is 4.79 Å². The summed E-state index contributed by atoms with van der Waals surface area (Å²) in [7, 11) is 5.88. The molecular weight excluding hydrogens is 292 g/mol. The van der Waals surface area contributed by atoms with E-state index in [0.29, 0.717) is 6.54 Å². The lowest BCUT2D eigenvalue weighted by Gasteiger charge is -2.19. The van der Waals surface area contributed by atoms with E-state index in [-0.39, 0.29) is 5.91 Å². The highest BCUT2D eigenvalue weighted by atomic mass is 32.2. The van der Waals surface area contributed by atoms with Crippen LogP contribution in [-0.4, -0.2) is 38.2 Å². The van der Waals surface area contributed by atoms with Gasteiger partial charge in [0.25, 0.3) is 5.91 Å². The van der Waals surface area contributed by atoms with Crippen LogP contribution in [0.25, 0.3) is 0 Å². The van der Waals surface area contributed by atoms with E-state index in [1.165, 1.54) is 0 Å². The summed E-state index contributed by atoms with van der Waals surface area (Å²) in [5, 5.41) is 0. The molecule has 1 amide bonds. The highest BCUT2D eigenvalue weighted by molar-refractivity contribution is 7.98. The zero-order valence-corrected chi connectivity index (χ0v) is 14.4. The van der Waals surface area contributed by atoms with Crippen molar-refractivity contribution in [2.45, 2.75) is 11.4 Å². The monoisotopic (exact) mass is 314 g/mol. The zero-order valence-electron chi connectivity index (χ0n) is 13.5. The number of rotatable bonds is 5. The highest BCUT2D eigenvalue weighted by Gasteiger charge is 2.15. The first-order chi connectivity index (χ1) is 10.5. The summed E-state index contributed by atoms with van der Waals surface area (Å²) in [6, 6.07) is 16.0. The third-order valence-corrected chi connectivity index (χ3v) is 4.35. The Labute approximate surface area is 136 Å². The Morgan fingerprint density at radius 1 is 1.00 bits per heavy atom. The lowest BCUT2D eigenvalue weighted by molar-refractivity contribution is 0.0781. The molecular formula is C18H22N2OS. The minimum atomic E-state index is 0.0571. The molecule has 4 heteroatoms. The van der Waals surface area contributed by atoms with Gasteiger partial charge >= 0.3 is 0 Å². The molecule has 116 valence electrons. The van der Waals surface area contributed by atoms with E-state index in [1.807, 2.05) is 51.7 Å². The lowest BCUT2D eigenvalue weighted by atomic mass is 10.1. The van der Waals surface area contributed by atoms with E-state index in [4.69, 9.17) is 0 Å². The summed E-state index contributed by atoms with van der Waals surface area (Å²) in [5.41, 5.74) is 3.05. The number of benzene rings is 2. The summed E-state index contributed by atoms with van der Waals surface area (Å²) in [6.07, 6.45) is 1.99. The largest absolute Gasteiger partial charge is 0.378 e. The van der Waals surface area contributed by atoms with Gasteiger partial charge in [0.1, 0.15) is 0 Å². The number of thioether (sulfide) groups is 1. The van der Waals surface area contributed by atoms with Gasteiger partial charge in [0.05, 0.1) is 5.56 Å². The summed E-state index contributed by atoms with van der Waals surface area (Å²) < 4.78 is 0. The van der Waals surface area contributed by atoms with Crippen LogP contribution in [0.5, 0.6) is 0 Å². The first kappa shape index (κ1) is 16.4. The second-order valence-electron chi connectivity index (χ2n) is 5.42. The molecule has 0 saturated carbocycles. The van der Waals surface area contributed by atoms with Crippen LogP contribution >= 0.6 is 11.8 Å². The predicted molar refractivity (Wildman–Crippen MR) is 94.8 cm³/mol. The standard InChI is InChI=1S/C18H22N2OS/c1-19(2)15-11-9-14(10-12-15)13-20(3)18(21)16-7-5-6-8-17(16)22-4/h5-12H,13H2,1-4H3. The van der Waals surface area contributed by atoms with E-state index < -0.39 is 0 Å². The molecule has 0 saturated heterocycles. The van der Waals surface area contributed by atoms with Gasteiger partial charge in [0.2, 0.25) is 0 Å². The molecule has 0 N–H and O–H groups in total. The molecule has 0 atom stereocenters. The fourth-order valence-electron chi connectivity index (χ4n) is 2.27. The average Bonchev–Trinajstić information content (AvgIpc) is 2.54. The summed E-state index contributed by atoms with van der Waals surface area (Å²) in [5.74, 6) is 0.0571. The van der Waals surface area contributed by atoms with Crippen LogP contribution in [0.4, 0.5) is 5.69 Å². The summed E-state index contributed by atoms with van der Waals surface area (Å²) in [4.78, 5) is 17.5. The lowest BCUT2D eigenvalue weighted by Crippen LogP contribution is -2.26. The molecule has 2 rings (SSSR count). The zero-order chi connectivity index (χ0) is 16.1. The average molecular weight is 314 g/mol. The second-order valence-corrected chi connectivity index (χ2v) is 6.27. The molecule has 2 aromatic carbocycles. The maximum Gasteiger partial charge on any atom is 0.255 e. The predicted octanol–water partition coefficient (Wildman–Crippen LogP) is 3.75. The maximum atomic E-state index is 12.6. The topological polar surface area (TPSA) is 23.6 Å². The minimum absolute atomic E-state index is 0.0571. The van der Waals surface area contributed by atoms with Crippen molar-refractivity contribution in [3.05, 3.63) is 59.7 Å². The van der Waals surface area contributed by atoms with Crippen molar-refractivity contribution >= 4 is 23.4 Å². The number of carbonyl (C=O) groups excluding carboxylic acids is 1. The number of nitrogens with zero attached hydrogens (tertiary/aromatic N) is 2. The van der Waals surface area contributed by atoms with E-state index in [2.05, 4.69) is 29.2 Å². The molecule has 2 aromatic rings. The Bertz CT molecular complexity index is 638. The molecule has 0 aromatic heterocycles. The van der Waals surface area contributed by atoms with Crippen LogP contribution < -0.4 is 4.90 Å². The third-order valence-electron chi connectivity index (χ3n) is 3.56. The van der Waals surface area contributed by atoms with Gasteiger partial charge < -0.3 is 9.80 Å². The van der Waals surface area contributed by atoms with E-state index in [9.17, 15) is 4.79 Å². The van der Waals surface area contributed by atoms with Crippen LogP contribution in [0.2, 0.25) is 0 Å². The van der Waals surface area contributed by atoms with Crippen molar-refractivity contribution in [3.63, 3.8) is 0 Å². The van der Waals surface area contributed by atoms with Crippen LogP contribution in [0.1, 0.15) is 15.9 Å². The van der Waals surface area contributed by atoms with Gasteiger partial charge in [-0.1, -0.05) is 24.3 Å². The Hall–Kier alpha value is -1.94. The second kappa shape index (κ2) is 7.36. The first-order valence-corrected chi connectivity index (χ1v) is 8.40. The number of anilines is 1. The summed E-state index contributed by atoms with van der Waals surface area (Å²) in [6.45, 7) is 0.606. The molecule has 0 spiro atoms. The van der Waals surface area contributed by atoms with Gasteiger partial charge in [-0.3, -0.25) is 4.79 Å². The fraction of sp³-hybridized carbons (Fsp3) is 0.278. The van der Waals surface area contributed by atoms with Crippen molar-refractivity contribution in [2.75, 3.05) is 32.3 Å². The van der Waals surface area contributed by atoms with E-state index >= 15 is 0 Å². The van der Waals surface area contributed by atoms with Crippen LogP contribution in [-0.2, 0) is 6.54 Å². The fourth-order valence-corrected chi connectivity index (χ4v) is 2.86. The number of amides is 1. The number of hydrogen-bond acceptors (Lipinski definition) is 3. The number of carbonyl (C=O) groups is 1. The van der Waals surface area contributed by atoms with Gasteiger partial charge in [-0.25, -0.2) is 0 Å². The molecule has 22 heavy (non-hydrogen) atoms. The summed E-state index contributed by atoms with van der Waals surface area (Å²) >= 11 is 1.60. The van der Waals surface area contributed by atoms with Crippen molar-refractivity contribution in [2.24, 2.45) is 0 Å². The minimum Gasteiger partial charge on any atom is -0.378 e. The molecule has 0 radical (unpaired) electrons. The van der Waals surface area contributed by atoms with Gasteiger partial charge in [-0.2, -0.15) is 0 Å². The molecule has 0 heterocycles. The maximum absolute atomic E-state index is 12.6. The molecule has 0 bridgehead atoms. The van der Waals surface area contributed by atoms with E-state index in [1.54, 1.807) is 16.7 Å².